The van der Waals surface area contributed by atoms with Gasteiger partial charge in [-0.2, -0.15) is 5.10 Å². The Morgan fingerprint density at radius 3 is 2.20 bits per heavy atom. The van der Waals surface area contributed by atoms with E-state index in [4.69, 9.17) is 9.47 Å². The fourth-order valence-corrected chi connectivity index (χ4v) is 5.00. The topological polar surface area (TPSA) is 85.3 Å². The lowest BCUT2D eigenvalue weighted by Crippen LogP contribution is -2.28. The molecule has 0 spiro atoms. The Labute approximate surface area is 237 Å². The number of hydrazone groups is 1. The van der Waals surface area contributed by atoms with Gasteiger partial charge in [-0.25, -0.2) is 22.6 Å². The maximum absolute atomic E-state index is 14.6. The first-order valence-corrected chi connectivity index (χ1v) is 13.1. The third kappa shape index (κ3) is 7.31. The van der Waals surface area contributed by atoms with Gasteiger partial charge >= 0.3 is 5.97 Å². The maximum atomic E-state index is 14.6. The Balaban J connectivity index is 1.64. The number of hydrogen-bond acceptors (Lipinski definition) is 7. The minimum atomic E-state index is -1.42. The summed E-state index contributed by atoms with van der Waals surface area (Å²) < 4.78 is 67.1. The van der Waals surface area contributed by atoms with Crippen molar-refractivity contribution in [2.45, 2.75) is 38.2 Å². The van der Waals surface area contributed by atoms with Gasteiger partial charge < -0.3 is 9.47 Å². The molecule has 0 bridgehead atoms. The van der Waals surface area contributed by atoms with Crippen molar-refractivity contribution < 1.29 is 41.4 Å². The van der Waals surface area contributed by atoms with E-state index in [0.717, 1.165) is 16.8 Å². The molecule has 1 atom stereocenters. The Bertz CT molecular complexity index is 1500. The number of hydrogen-bond donors (Lipinski definition) is 0. The van der Waals surface area contributed by atoms with Crippen molar-refractivity contribution in [3.05, 3.63) is 101 Å². The molecule has 7 nitrogen and oxygen atoms in total. The van der Waals surface area contributed by atoms with Crippen LogP contribution in [-0.2, 0) is 14.3 Å². The number of thioether (sulfide) groups is 1. The first-order valence-electron chi connectivity index (χ1n) is 12.3. The van der Waals surface area contributed by atoms with E-state index in [-0.39, 0.29) is 10.8 Å². The van der Waals surface area contributed by atoms with Gasteiger partial charge in [0.1, 0.15) is 63.6 Å². The molecule has 0 saturated carbocycles. The van der Waals surface area contributed by atoms with Gasteiger partial charge in [0.2, 0.25) is 0 Å². The van der Waals surface area contributed by atoms with Crippen LogP contribution in [0.15, 0.2) is 65.8 Å². The van der Waals surface area contributed by atoms with Gasteiger partial charge in [0.15, 0.2) is 5.78 Å². The van der Waals surface area contributed by atoms with Crippen molar-refractivity contribution in [1.29, 1.82) is 0 Å². The molecule has 214 valence electrons. The summed E-state index contributed by atoms with van der Waals surface area (Å²) in [7, 11) is 0. The van der Waals surface area contributed by atoms with Crippen LogP contribution in [0.2, 0.25) is 0 Å². The molecular formula is C29H24F4N2O5S. The predicted octanol–water partition coefficient (Wildman–Crippen LogP) is 6.17. The van der Waals surface area contributed by atoms with Gasteiger partial charge in [0.25, 0.3) is 5.91 Å². The van der Waals surface area contributed by atoms with Crippen LogP contribution in [0, 0.1) is 23.3 Å². The van der Waals surface area contributed by atoms with Crippen LogP contribution in [-0.4, -0.2) is 39.9 Å². The third-order valence-corrected chi connectivity index (χ3v) is 6.72. The van der Waals surface area contributed by atoms with E-state index < -0.39 is 70.5 Å². The second-order valence-electron chi connectivity index (χ2n) is 9.90. The van der Waals surface area contributed by atoms with E-state index in [9.17, 15) is 31.9 Å². The van der Waals surface area contributed by atoms with Crippen molar-refractivity contribution in [2.75, 3.05) is 6.61 Å². The molecule has 0 fully saturated rings. The molecule has 0 aromatic heterocycles. The van der Waals surface area contributed by atoms with Crippen molar-refractivity contribution in [3.63, 3.8) is 0 Å². The number of benzene rings is 3. The SMILES string of the molecule is CC(C)(C)OC(=O)CC(=O)COc1ccccc1C1SC(c2ccc(F)cc2)=NN1C(=O)c1c(F)cc(F)cc1F. The average molecular weight is 589 g/mol. The van der Waals surface area contributed by atoms with Crippen LogP contribution in [0.3, 0.4) is 0 Å². The zero-order chi connectivity index (χ0) is 29.9. The molecule has 41 heavy (non-hydrogen) atoms. The molecular weight excluding hydrogens is 564 g/mol. The van der Waals surface area contributed by atoms with E-state index >= 15 is 0 Å². The predicted molar refractivity (Wildman–Crippen MR) is 143 cm³/mol. The van der Waals surface area contributed by atoms with Crippen LogP contribution >= 0.6 is 11.8 Å². The highest BCUT2D eigenvalue weighted by Crippen LogP contribution is 2.45. The first kappa shape index (κ1) is 29.8. The largest absolute Gasteiger partial charge is 0.485 e. The van der Waals surface area contributed by atoms with E-state index in [1.165, 1.54) is 30.3 Å². The second kappa shape index (κ2) is 12.1. The number of ketones is 1. The molecule has 1 amide bonds. The number of nitrogens with zero attached hydrogens (tertiary/aromatic N) is 2. The standard InChI is InChI=1S/C29H24F4N2O5S/c1-29(2,3)40-24(37)14-19(36)15-39-23-7-5-4-6-20(23)28-35(27(38)25-21(32)12-18(31)13-22(25)33)34-26(41-28)16-8-10-17(30)11-9-16/h4-13,28H,14-15H2,1-3H3. The number of carbonyl (C=O) groups is 3. The van der Waals surface area contributed by atoms with Gasteiger partial charge in [-0.3, -0.25) is 14.4 Å². The molecule has 1 aliphatic rings. The highest BCUT2D eigenvalue weighted by molar-refractivity contribution is 8.14. The molecule has 3 aromatic rings. The Morgan fingerprint density at radius 1 is 0.927 bits per heavy atom. The summed E-state index contributed by atoms with van der Waals surface area (Å²) in [6.07, 6.45) is -0.525. The molecule has 1 unspecified atom stereocenters. The quantitative estimate of drug-likeness (QED) is 0.178. The van der Waals surface area contributed by atoms with Crippen LogP contribution < -0.4 is 4.74 Å². The summed E-state index contributed by atoms with van der Waals surface area (Å²) in [6, 6.07) is 12.3. The highest BCUT2D eigenvalue weighted by Gasteiger charge is 2.38. The number of halogens is 4. The molecule has 0 radical (unpaired) electrons. The molecule has 0 N–H and O–H groups in total. The van der Waals surface area contributed by atoms with E-state index in [2.05, 4.69) is 5.10 Å². The molecule has 12 heteroatoms. The zero-order valence-electron chi connectivity index (χ0n) is 22.1. The monoisotopic (exact) mass is 588 g/mol. The molecule has 3 aromatic carbocycles. The van der Waals surface area contributed by atoms with Crippen molar-refractivity contribution in [1.82, 2.24) is 5.01 Å². The lowest BCUT2D eigenvalue weighted by Gasteiger charge is -2.23. The van der Waals surface area contributed by atoms with Crippen LogP contribution in [0.4, 0.5) is 17.6 Å². The molecule has 1 aliphatic heterocycles. The minimum absolute atomic E-state index is 0.135. The van der Waals surface area contributed by atoms with Crippen LogP contribution in [0.5, 0.6) is 5.75 Å². The Hall–Kier alpha value is -4.19. The average Bonchev–Trinajstić information content (AvgIpc) is 3.31. The van der Waals surface area contributed by atoms with Crippen molar-refractivity contribution in [2.24, 2.45) is 5.10 Å². The summed E-state index contributed by atoms with van der Waals surface area (Å²) >= 11 is 1.01. The van der Waals surface area contributed by atoms with Gasteiger partial charge in [0, 0.05) is 23.3 Å². The summed E-state index contributed by atoms with van der Waals surface area (Å²) in [5.41, 5.74) is -1.07. The van der Waals surface area contributed by atoms with Crippen molar-refractivity contribution in [3.8, 4) is 5.75 Å². The number of amides is 1. The first-order chi connectivity index (χ1) is 19.3. The van der Waals surface area contributed by atoms with Gasteiger partial charge in [-0.15, -0.1) is 0 Å². The number of para-hydroxylation sites is 1. The minimum Gasteiger partial charge on any atom is -0.485 e. The number of Topliss-reactive ketones (excluding diaryl/α,β-unsaturated/α-hetero) is 1. The summed E-state index contributed by atoms with van der Waals surface area (Å²) in [4.78, 5) is 37.8. The van der Waals surface area contributed by atoms with Gasteiger partial charge in [0.05, 0.1) is 0 Å². The van der Waals surface area contributed by atoms with Crippen LogP contribution in [0.25, 0.3) is 0 Å². The molecule has 1 heterocycles. The maximum Gasteiger partial charge on any atom is 0.313 e. The summed E-state index contributed by atoms with van der Waals surface area (Å²) in [6.45, 7) is 4.50. The summed E-state index contributed by atoms with van der Waals surface area (Å²) in [5.74, 6) is -6.90. The molecule has 4 rings (SSSR count). The van der Waals surface area contributed by atoms with E-state index in [0.29, 0.717) is 23.3 Å². The number of rotatable bonds is 8. The van der Waals surface area contributed by atoms with Crippen LogP contribution in [0.1, 0.15) is 54.1 Å². The summed E-state index contributed by atoms with van der Waals surface area (Å²) in [5, 5.41) is 4.25. The number of carbonyl (C=O) groups excluding carboxylic acids is 3. The molecule has 0 aliphatic carbocycles. The zero-order valence-corrected chi connectivity index (χ0v) is 22.9. The normalized spacial score (nSPS) is 15.0. The third-order valence-electron chi connectivity index (χ3n) is 5.50. The van der Waals surface area contributed by atoms with Gasteiger partial charge in [-0.05, 0) is 51.1 Å². The highest BCUT2D eigenvalue weighted by atomic mass is 32.2. The lowest BCUT2D eigenvalue weighted by atomic mass is 10.1. The fourth-order valence-electron chi connectivity index (χ4n) is 3.82. The second-order valence-corrected chi connectivity index (χ2v) is 11.0. The van der Waals surface area contributed by atoms with E-state index in [1.807, 2.05) is 0 Å². The Kier molecular flexibility index (Phi) is 8.81. The van der Waals surface area contributed by atoms with Crippen molar-refractivity contribution >= 4 is 34.5 Å². The fraction of sp³-hybridized carbons (Fsp3) is 0.241. The van der Waals surface area contributed by atoms with E-state index in [1.54, 1.807) is 39.0 Å². The number of esters is 1. The Morgan fingerprint density at radius 2 is 1.56 bits per heavy atom. The lowest BCUT2D eigenvalue weighted by molar-refractivity contribution is -0.156. The van der Waals surface area contributed by atoms with Gasteiger partial charge in [-0.1, -0.05) is 30.0 Å². The number of ether oxygens (including phenoxy) is 2. The molecule has 0 saturated heterocycles. The smallest absolute Gasteiger partial charge is 0.313 e.